The molecule has 0 aliphatic rings. The first-order chi connectivity index (χ1) is 12.2. The Balaban J connectivity index is 1.78. The van der Waals surface area contributed by atoms with Gasteiger partial charge in [0.25, 0.3) is 0 Å². The van der Waals surface area contributed by atoms with Crippen molar-refractivity contribution in [2.45, 2.75) is 6.92 Å². The van der Waals surface area contributed by atoms with E-state index in [1.807, 2.05) is 54.7 Å². The van der Waals surface area contributed by atoms with Crippen molar-refractivity contribution in [3.05, 3.63) is 82.6 Å². The second-order valence-corrected chi connectivity index (χ2v) is 6.23. The number of fused-ring (bicyclic) bond motifs is 1. The second-order valence-electron chi connectivity index (χ2n) is 5.84. The molecule has 0 aliphatic carbocycles. The highest BCUT2D eigenvalue weighted by Gasteiger charge is 2.08. The van der Waals surface area contributed by atoms with Crippen LogP contribution in [0, 0.1) is 11.7 Å². The Morgan fingerprint density at radius 1 is 1.00 bits per heavy atom. The molecule has 1 heterocycles. The lowest BCUT2D eigenvalue weighted by atomic mass is 10.1. The van der Waals surface area contributed by atoms with Crippen molar-refractivity contribution in [2.75, 3.05) is 0 Å². The third-order valence-electron chi connectivity index (χ3n) is 4.10. The molecule has 1 aromatic heterocycles. The first kappa shape index (κ1) is 15.5. The molecule has 3 aromatic carbocycles. The third kappa shape index (κ3) is 3.02. The normalized spacial score (nSPS) is 11.4. The average Bonchev–Trinajstić information content (AvgIpc) is 3.01. The van der Waals surface area contributed by atoms with E-state index in [9.17, 15) is 0 Å². The maximum atomic E-state index is 5.34. The molecule has 5 heteroatoms. The largest absolute Gasteiger partial charge is 0.250 e. The standard InChI is InChI=1S/C20H16N4S/c1-14-9-11-16(12-10-14)19-22-23-20(25)24(19)21-13-17-7-4-6-15-5-2-3-8-18(15)17/h2-13H,1H3,(H,23,25). The quantitative estimate of drug-likeness (QED) is 0.422. The minimum atomic E-state index is 0.465. The summed E-state index contributed by atoms with van der Waals surface area (Å²) in [4.78, 5) is 0. The van der Waals surface area contributed by atoms with Crippen molar-refractivity contribution in [3.63, 3.8) is 0 Å². The van der Waals surface area contributed by atoms with Gasteiger partial charge in [0.05, 0.1) is 6.21 Å². The Hall–Kier alpha value is -3.05. The summed E-state index contributed by atoms with van der Waals surface area (Å²) in [5.41, 5.74) is 3.20. The maximum absolute atomic E-state index is 5.34. The number of benzene rings is 3. The van der Waals surface area contributed by atoms with E-state index in [0.29, 0.717) is 10.6 Å². The first-order valence-corrected chi connectivity index (χ1v) is 8.40. The van der Waals surface area contributed by atoms with Crippen LogP contribution in [0.15, 0.2) is 71.8 Å². The zero-order valence-electron chi connectivity index (χ0n) is 13.7. The maximum Gasteiger partial charge on any atom is 0.216 e. The van der Waals surface area contributed by atoms with Crippen LogP contribution < -0.4 is 0 Å². The van der Waals surface area contributed by atoms with E-state index in [2.05, 4.69) is 40.4 Å². The van der Waals surface area contributed by atoms with Crippen LogP contribution in [0.4, 0.5) is 0 Å². The van der Waals surface area contributed by atoms with Gasteiger partial charge in [0, 0.05) is 11.1 Å². The van der Waals surface area contributed by atoms with E-state index in [1.165, 1.54) is 10.9 Å². The van der Waals surface area contributed by atoms with Gasteiger partial charge < -0.3 is 0 Å². The zero-order valence-corrected chi connectivity index (χ0v) is 14.5. The molecule has 25 heavy (non-hydrogen) atoms. The number of hydrogen-bond donors (Lipinski definition) is 1. The Morgan fingerprint density at radius 2 is 1.76 bits per heavy atom. The van der Waals surface area contributed by atoms with Crippen LogP contribution in [0.5, 0.6) is 0 Å². The van der Waals surface area contributed by atoms with Gasteiger partial charge in [-0.15, -0.1) is 0 Å². The lowest BCUT2D eigenvalue weighted by Gasteiger charge is -2.03. The second kappa shape index (κ2) is 6.45. The minimum Gasteiger partial charge on any atom is -0.250 e. The topological polar surface area (TPSA) is 46.0 Å². The van der Waals surface area contributed by atoms with Gasteiger partial charge in [-0.1, -0.05) is 72.3 Å². The van der Waals surface area contributed by atoms with Crippen LogP contribution in [0.3, 0.4) is 0 Å². The van der Waals surface area contributed by atoms with Crippen LogP contribution in [-0.2, 0) is 0 Å². The van der Waals surface area contributed by atoms with Crippen molar-refractivity contribution >= 4 is 29.2 Å². The van der Waals surface area contributed by atoms with Crippen molar-refractivity contribution in [3.8, 4) is 11.4 Å². The Morgan fingerprint density at radius 3 is 2.60 bits per heavy atom. The molecule has 0 saturated heterocycles. The van der Waals surface area contributed by atoms with Crippen LogP contribution in [0.1, 0.15) is 11.1 Å². The first-order valence-electron chi connectivity index (χ1n) is 7.99. The van der Waals surface area contributed by atoms with E-state index >= 15 is 0 Å². The molecule has 0 atom stereocenters. The number of rotatable bonds is 3. The molecule has 4 nitrogen and oxygen atoms in total. The summed E-state index contributed by atoms with van der Waals surface area (Å²) in [6.07, 6.45) is 1.82. The molecular formula is C20H16N4S. The molecule has 0 spiro atoms. The smallest absolute Gasteiger partial charge is 0.216 e. The SMILES string of the molecule is Cc1ccc(-c2n[nH]c(=S)n2N=Cc2cccc3ccccc23)cc1. The summed E-state index contributed by atoms with van der Waals surface area (Å²) in [6, 6.07) is 22.5. The molecule has 0 aliphatic heterocycles. The summed E-state index contributed by atoms with van der Waals surface area (Å²) < 4.78 is 2.12. The number of aromatic amines is 1. The van der Waals surface area contributed by atoms with Crippen molar-refractivity contribution in [2.24, 2.45) is 5.10 Å². The van der Waals surface area contributed by atoms with Gasteiger partial charge in [-0.2, -0.15) is 14.9 Å². The highest BCUT2D eigenvalue weighted by atomic mass is 32.1. The molecule has 0 bridgehead atoms. The predicted molar refractivity (Wildman–Crippen MR) is 105 cm³/mol. The van der Waals surface area contributed by atoms with Gasteiger partial charge in [-0.05, 0) is 29.9 Å². The molecule has 0 saturated carbocycles. The monoisotopic (exact) mass is 344 g/mol. The molecule has 0 amide bonds. The van der Waals surface area contributed by atoms with Crippen LogP contribution in [-0.4, -0.2) is 21.1 Å². The van der Waals surface area contributed by atoms with E-state index in [4.69, 9.17) is 12.2 Å². The van der Waals surface area contributed by atoms with Crippen molar-refractivity contribution in [1.29, 1.82) is 0 Å². The summed E-state index contributed by atoms with van der Waals surface area (Å²) in [5, 5.41) is 14.1. The minimum absolute atomic E-state index is 0.465. The Kier molecular flexibility index (Phi) is 3.99. The number of aryl methyl sites for hydroxylation is 1. The summed E-state index contributed by atoms with van der Waals surface area (Å²) >= 11 is 5.34. The fraction of sp³-hybridized carbons (Fsp3) is 0.0500. The molecular weight excluding hydrogens is 328 g/mol. The number of nitrogens with zero attached hydrogens (tertiary/aromatic N) is 3. The molecule has 0 unspecified atom stereocenters. The summed E-state index contributed by atoms with van der Waals surface area (Å²) in [7, 11) is 0. The summed E-state index contributed by atoms with van der Waals surface area (Å²) in [5.74, 6) is 0.696. The molecule has 4 rings (SSSR count). The fourth-order valence-corrected chi connectivity index (χ4v) is 2.95. The molecule has 122 valence electrons. The van der Waals surface area contributed by atoms with Crippen molar-refractivity contribution in [1.82, 2.24) is 14.9 Å². The van der Waals surface area contributed by atoms with Crippen LogP contribution in [0.2, 0.25) is 0 Å². The van der Waals surface area contributed by atoms with Crippen LogP contribution in [0.25, 0.3) is 22.2 Å². The number of nitrogens with one attached hydrogen (secondary N) is 1. The molecule has 0 radical (unpaired) electrons. The van der Waals surface area contributed by atoms with Gasteiger partial charge in [0.2, 0.25) is 4.77 Å². The Bertz CT molecular complexity index is 1120. The van der Waals surface area contributed by atoms with E-state index in [0.717, 1.165) is 16.5 Å². The molecule has 4 aromatic rings. The lowest BCUT2D eigenvalue weighted by Crippen LogP contribution is -1.95. The predicted octanol–water partition coefficient (Wildman–Crippen LogP) is 4.95. The zero-order chi connectivity index (χ0) is 17.2. The fourth-order valence-electron chi connectivity index (χ4n) is 2.77. The number of H-pyrrole nitrogens is 1. The van der Waals surface area contributed by atoms with E-state index in [1.54, 1.807) is 4.68 Å². The average molecular weight is 344 g/mol. The Labute approximate surface area is 150 Å². The van der Waals surface area contributed by atoms with Gasteiger partial charge in [-0.25, -0.2) is 5.10 Å². The third-order valence-corrected chi connectivity index (χ3v) is 4.36. The van der Waals surface area contributed by atoms with Crippen LogP contribution >= 0.6 is 12.2 Å². The molecule has 0 fully saturated rings. The highest BCUT2D eigenvalue weighted by molar-refractivity contribution is 7.71. The van der Waals surface area contributed by atoms with E-state index in [-0.39, 0.29) is 0 Å². The van der Waals surface area contributed by atoms with E-state index < -0.39 is 0 Å². The van der Waals surface area contributed by atoms with Gasteiger partial charge in [0.1, 0.15) is 0 Å². The summed E-state index contributed by atoms with van der Waals surface area (Å²) in [6.45, 7) is 2.06. The number of aromatic nitrogens is 3. The number of hydrogen-bond acceptors (Lipinski definition) is 3. The lowest BCUT2D eigenvalue weighted by molar-refractivity contribution is 0.872. The molecule has 1 N–H and O–H groups in total. The van der Waals surface area contributed by atoms with Gasteiger partial charge in [-0.3, -0.25) is 0 Å². The van der Waals surface area contributed by atoms with Crippen molar-refractivity contribution < 1.29 is 0 Å². The highest BCUT2D eigenvalue weighted by Crippen LogP contribution is 2.19. The van der Waals surface area contributed by atoms with Gasteiger partial charge in [0.15, 0.2) is 5.82 Å². The van der Waals surface area contributed by atoms with Gasteiger partial charge >= 0.3 is 0 Å².